The Morgan fingerprint density at radius 2 is 1.82 bits per heavy atom. The number of hydrogen-bond acceptors (Lipinski definition) is 6. The molecule has 2 heterocycles. The van der Waals surface area contributed by atoms with E-state index in [0.29, 0.717) is 41.7 Å². The fourth-order valence-corrected chi connectivity index (χ4v) is 4.92. The van der Waals surface area contributed by atoms with E-state index in [2.05, 4.69) is 10.1 Å². The zero-order valence-corrected chi connectivity index (χ0v) is 23.2. The fourth-order valence-electron chi connectivity index (χ4n) is 4.92. The topological polar surface area (TPSA) is 83.1 Å². The molecule has 1 amide bonds. The van der Waals surface area contributed by atoms with Crippen molar-refractivity contribution in [3.05, 3.63) is 58.9 Å². The van der Waals surface area contributed by atoms with E-state index >= 15 is 0 Å². The van der Waals surface area contributed by atoms with Crippen LogP contribution in [0.2, 0.25) is 0 Å². The second kappa shape index (κ2) is 11.4. The van der Waals surface area contributed by atoms with Crippen LogP contribution in [0.15, 0.2) is 42.2 Å². The molecule has 2 aromatic rings. The molecule has 4 rings (SSSR count). The molecule has 7 nitrogen and oxygen atoms in total. The number of hydrogen-bond donors (Lipinski definition) is 1. The number of ether oxygens (including phenoxy) is 4. The van der Waals surface area contributed by atoms with Gasteiger partial charge in [0.1, 0.15) is 23.2 Å². The number of rotatable bonds is 7. The van der Waals surface area contributed by atoms with Crippen LogP contribution in [0, 0.1) is 5.92 Å². The third-order valence-corrected chi connectivity index (χ3v) is 6.84. The average Bonchev–Trinajstić information content (AvgIpc) is 3.25. The van der Waals surface area contributed by atoms with Crippen molar-refractivity contribution in [2.45, 2.75) is 84.9 Å². The summed E-state index contributed by atoms with van der Waals surface area (Å²) in [5.41, 5.74) is 3.86. The smallest absolute Gasteiger partial charge is 0.464 e. The number of alkyl halides is 3. The third kappa shape index (κ3) is 6.89. The van der Waals surface area contributed by atoms with E-state index in [1.54, 1.807) is 39.2 Å². The van der Waals surface area contributed by atoms with Gasteiger partial charge in [0.05, 0.1) is 12.2 Å². The molecule has 2 aliphatic rings. The summed E-state index contributed by atoms with van der Waals surface area (Å²) in [5.74, 6) is -0.334. The normalized spacial score (nSPS) is 18.8. The van der Waals surface area contributed by atoms with E-state index in [9.17, 15) is 22.8 Å². The summed E-state index contributed by atoms with van der Waals surface area (Å²) < 4.78 is 59.6. The van der Waals surface area contributed by atoms with Crippen LogP contribution < -0.4 is 14.8 Å². The Morgan fingerprint density at radius 3 is 2.40 bits per heavy atom. The van der Waals surface area contributed by atoms with Gasteiger partial charge in [-0.25, -0.2) is 4.79 Å². The first kappa shape index (κ1) is 29.3. The van der Waals surface area contributed by atoms with Crippen molar-refractivity contribution < 1.29 is 41.7 Å². The van der Waals surface area contributed by atoms with Crippen LogP contribution in [0.5, 0.6) is 11.5 Å². The molecule has 0 saturated carbocycles. The van der Waals surface area contributed by atoms with E-state index in [0.717, 1.165) is 23.1 Å². The van der Waals surface area contributed by atoms with Crippen molar-refractivity contribution in [1.29, 1.82) is 0 Å². The number of amides is 1. The van der Waals surface area contributed by atoms with E-state index in [1.807, 2.05) is 19.9 Å². The number of esters is 1. The Morgan fingerprint density at radius 1 is 1.12 bits per heavy atom. The summed E-state index contributed by atoms with van der Waals surface area (Å²) in [4.78, 5) is 25.1. The first-order chi connectivity index (χ1) is 18.8. The highest BCUT2D eigenvalue weighted by Gasteiger charge is 2.39. The number of carbonyl (C=O) groups is 2. The zero-order valence-electron chi connectivity index (χ0n) is 23.2. The van der Waals surface area contributed by atoms with E-state index in [1.165, 1.54) is 12.1 Å². The summed E-state index contributed by atoms with van der Waals surface area (Å²) in [6.45, 7) is 9.27. The lowest BCUT2D eigenvalue weighted by Gasteiger charge is -2.28. The number of cyclic esters (lactones) is 1. The van der Waals surface area contributed by atoms with Gasteiger partial charge in [-0.3, -0.25) is 4.79 Å². The van der Waals surface area contributed by atoms with Crippen molar-refractivity contribution in [1.82, 2.24) is 5.32 Å². The van der Waals surface area contributed by atoms with Gasteiger partial charge in [0.2, 0.25) is 0 Å². The maximum Gasteiger partial charge on any atom is 0.573 e. The lowest BCUT2D eigenvalue weighted by atomic mass is 9.85. The molecule has 1 fully saturated rings. The molecule has 2 unspecified atom stereocenters. The van der Waals surface area contributed by atoms with Crippen molar-refractivity contribution in [3.63, 3.8) is 0 Å². The van der Waals surface area contributed by atoms with E-state index in [-0.39, 0.29) is 24.2 Å². The van der Waals surface area contributed by atoms with Gasteiger partial charge in [0.15, 0.2) is 0 Å². The maximum absolute atomic E-state index is 12.7. The minimum atomic E-state index is -4.80. The molecule has 0 aliphatic carbocycles. The molecule has 0 radical (unpaired) electrons. The van der Waals surface area contributed by atoms with Crippen molar-refractivity contribution in [2.75, 3.05) is 0 Å². The molecule has 2 aliphatic heterocycles. The number of fused-ring (bicyclic) bond motifs is 1. The van der Waals surface area contributed by atoms with Crippen LogP contribution in [0.1, 0.15) is 76.7 Å². The van der Waals surface area contributed by atoms with Crippen LogP contribution in [-0.4, -0.2) is 24.0 Å². The molecular formula is C30H34F3NO6. The number of carbonyl (C=O) groups excluding carboxylic acids is 2. The highest BCUT2D eigenvalue weighted by molar-refractivity contribution is 5.78. The predicted octanol–water partition coefficient (Wildman–Crippen LogP) is 7.52. The maximum atomic E-state index is 12.7. The quantitative estimate of drug-likeness (QED) is 0.352. The van der Waals surface area contributed by atoms with E-state index in [4.69, 9.17) is 14.2 Å². The van der Waals surface area contributed by atoms with Gasteiger partial charge in [-0.05, 0) is 74.1 Å². The molecule has 1 N–H and O–H groups in total. The van der Waals surface area contributed by atoms with Gasteiger partial charge >= 0.3 is 18.4 Å². The lowest BCUT2D eigenvalue weighted by molar-refractivity contribution is -0.274. The Labute approximate surface area is 231 Å². The summed E-state index contributed by atoms with van der Waals surface area (Å²) >= 11 is 0. The molecular weight excluding hydrogens is 527 g/mol. The van der Waals surface area contributed by atoms with Crippen LogP contribution in [-0.2, 0) is 27.2 Å². The molecule has 40 heavy (non-hydrogen) atoms. The largest absolute Gasteiger partial charge is 0.573 e. The molecule has 0 spiro atoms. The average molecular weight is 562 g/mol. The van der Waals surface area contributed by atoms with Crippen LogP contribution >= 0.6 is 0 Å². The van der Waals surface area contributed by atoms with Crippen LogP contribution in [0.3, 0.4) is 0 Å². The Hall–Kier alpha value is -3.69. The number of allylic oxidation sites excluding steroid dienone is 1. The van der Waals surface area contributed by atoms with Crippen molar-refractivity contribution >= 4 is 12.1 Å². The van der Waals surface area contributed by atoms with E-state index < -0.39 is 24.2 Å². The molecule has 0 aromatic heterocycles. The third-order valence-electron chi connectivity index (χ3n) is 6.84. The standard InChI is InChI=1S/C30H34F3NO6/c1-6-17-12-23-22(19-8-10-21(11-9-19)39-30(31,32)33)13-20(15-34-28(36)40-29(3,4)5)25(26(23)37-16-17)24-14-18(7-2)27(35)38-24/h8-11,13,16,18,24H,6-7,12,14-15H2,1-5H3,(H,34,36). The molecule has 216 valence electrons. The second-order valence-electron chi connectivity index (χ2n) is 10.9. The first-order valence-corrected chi connectivity index (χ1v) is 13.3. The van der Waals surface area contributed by atoms with Crippen molar-refractivity contribution in [3.8, 4) is 22.6 Å². The number of nitrogens with one attached hydrogen (secondary N) is 1. The van der Waals surface area contributed by atoms with Gasteiger partial charge in [-0.2, -0.15) is 0 Å². The zero-order chi connectivity index (χ0) is 29.2. The Balaban J connectivity index is 1.81. The van der Waals surface area contributed by atoms with Gasteiger partial charge < -0.3 is 24.3 Å². The summed E-state index contributed by atoms with van der Waals surface area (Å²) in [6.07, 6.45) is -1.91. The molecule has 0 bridgehead atoms. The van der Waals surface area contributed by atoms with Crippen molar-refractivity contribution in [2.24, 2.45) is 5.92 Å². The minimum absolute atomic E-state index is 0.0539. The Bertz CT molecular complexity index is 1290. The fraction of sp³-hybridized carbons (Fsp3) is 0.467. The van der Waals surface area contributed by atoms with Gasteiger partial charge in [-0.15, -0.1) is 13.2 Å². The second-order valence-corrected chi connectivity index (χ2v) is 10.9. The SMILES string of the molecule is CCC1=COc2c(c(-c3ccc(OC(F)(F)F)cc3)cc(CNC(=O)OC(C)(C)C)c2C2CC(CC)C(=O)O2)C1. The number of alkyl carbamates (subject to hydrolysis) is 1. The predicted molar refractivity (Wildman–Crippen MR) is 142 cm³/mol. The summed E-state index contributed by atoms with van der Waals surface area (Å²) in [7, 11) is 0. The van der Waals surface area contributed by atoms with Gasteiger partial charge in [0, 0.05) is 30.5 Å². The molecule has 2 atom stereocenters. The lowest BCUT2D eigenvalue weighted by Crippen LogP contribution is -2.32. The summed E-state index contributed by atoms with van der Waals surface area (Å²) in [6, 6.07) is 7.49. The Kier molecular flexibility index (Phi) is 8.37. The number of halogens is 3. The number of benzene rings is 2. The van der Waals surface area contributed by atoms with Gasteiger partial charge in [-0.1, -0.05) is 26.0 Å². The molecule has 2 aromatic carbocycles. The first-order valence-electron chi connectivity index (χ1n) is 13.3. The summed E-state index contributed by atoms with van der Waals surface area (Å²) in [5, 5.41) is 2.78. The highest BCUT2D eigenvalue weighted by atomic mass is 19.4. The van der Waals surface area contributed by atoms with Gasteiger partial charge in [0.25, 0.3) is 0 Å². The molecule has 10 heteroatoms. The van der Waals surface area contributed by atoms with Crippen LogP contribution in [0.4, 0.5) is 18.0 Å². The highest BCUT2D eigenvalue weighted by Crippen LogP contribution is 2.47. The monoisotopic (exact) mass is 561 g/mol. The van der Waals surface area contributed by atoms with Crippen LogP contribution in [0.25, 0.3) is 11.1 Å². The molecule has 1 saturated heterocycles. The minimum Gasteiger partial charge on any atom is -0.464 e.